The van der Waals surface area contributed by atoms with Crippen molar-refractivity contribution in [3.8, 4) is 44.5 Å². The van der Waals surface area contributed by atoms with E-state index in [-0.39, 0.29) is 0 Å². The summed E-state index contributed by atoms with van der Waals surface area (Å²) in [6.45, 7) is 0. The summed E-state index contributed by atoms with van der Waals surface area (Å²) in [6, 6.07) is 119. The molecule has 4 aromatic heterocycles. The van der Waals surface area contributed by atoms with E-state index in [1.54, 1.807) is 0 Å². The third kappa shape index (κ3) is 8.87. The first-order chi connectivity index (χ1) is 47.5. The highest BCUT2D eigenvalue weighted by atomic mass is 32.1. The van der Waals surface area contributed by atoms with Crippen LogP contribution in [0.25, 0.3) is 161 Å². The molecule has 0 radical (unpaired) electrons. The normalized spacial score (nSPS) is 12.0. The van der Waals surface area contributed by atoms with Gasteiger partial charge >= 0.3 is 0 Å². The topological polar surface area (TPSA) is 32.8 Å². The first-order valence-corrected chi connectivity index (χ1v) is 34.2. The number of nitrogens with zero attached hydrogens (tertiary/aromatic N) is 2. The van der Waals surface area contributed by atoms with E-state index in [0.29, 0.717) is 0 Å². The number of thiophene rings is 2. The molecule has 0 bridgehead atoms. The summed E-state index contributed by atoms with van der Waals surface area (Å²) >= 11 is 3.71. The average molecular weight is 1260 g/mol. The molecule has 4 nitrogen and oxygen atoms in total. The molecule has 0 saturated heterocycles. The molecule has 0 amide bonds. The van der Waals surface area contributed by atoms with Crippen molar-refractivity contribution in [1.29, 1.82) is 0 Å². The van der Waals surface area contributed by atoms with Crippen LogP contribution in [0, 0.1) is 0 Å². The molecule has 20 aromatic rings. The summed E-state index contributed by atoms with van der Waals surface area (Å²) in [5, 5.41) is 16.9. The van der Waals surface area contributed by atoms with E-state index >= 15 is 0 Å². The van der Waals surface area contributed by atoms with Crippen molar-refractivity contribution in [3.05, 3.63) is 328 Å². The number of fused-ring (bicyclic) bond motifs is 17. The molecule has 0 aliphatic heterocycles. The Morgan fingerprint density at radius 1 is 0.219 bits per heavy atom. The Hall–Kier alpha value is -12.1. The molecule has 20 rings (SSSR count). The van der Waals surface area contributed by atoms with Crippen LogP contribution >= 0.6 is 22.7 Å². The van der Waals surface area contributed by atoms with Gasteiger partial charge in [0.25, 0.3) is 0 Å². The van der Waals surface area contributed by atoms with Gasteiger partial charge in [0.1, 0.15) is 11.2 Å². The number of hydrogen-bond acceptors (Lipinski definition) is 6. The molecule has 0 unspecified atom stereocenters. The van der Waals surface area contributed by atoms with Crippen molar-refractivity contribution in [2.45, 2.75) is 0 Å². The Balaban J connectivity index is 0.637. The minimum absolute atomic E-state index is 0.857. The van der Waals surface area contributed by atoms with Crippen LogP contribution in [0.5, 0.6) is 0 Å². The molecule has 4 heterocycles. The highest BCUT2D eigenvalue weighted by Gasteiger charge is 2.25. The summed E-state index contributed by atoms with van der Waals surface area (Å²) in [4.78, 5) is 4.67. The van der Waals surface area contributed by atoms with Gasteiger partial charge in [-0.05, 0) is 204 Å². The molecule has 448 valence electrons. The molecule has 0 atom stereocenters. The van der Waals surface area contributed by atoms with Gasteiger partial charge in [-0.15, -0.1) is 22.7 Å². The van der Waals surface area contributed by atoms with Crippen LogP contribution < -0.4 is 9.80 Å². The van der Waals surface area contributed by atoms with E-state index in [2.05, 4.69) is 337 Å². The summed E-state index contributed by atoms with van der Waals surface area (Å²) in [7, 11) is 0. The largest absolute Gasteiger partial charge is 0.454 e. The number of hydrogen-bond donors (Lipinski definition) is 0. The number of benzene rings is 16. The smallest absolute Gasteiger partial charge is 0.159 e. The number of furan rings is 2. The maximum atomic E-state index is 7.03. The Kier molecular flexibility index (Phi) is 12.4. The van der Waals surface area contributed by atoms with E-state index in [4.69, 9.17) is 8.83 Å². The van der Waals surface area contributed by atoms with E-state index in [0.717, 1.165) is 89.1 Å². The second-order valence-corrected chi connectivity index (χ2v) is 27.2. The fraction of sp³-hybridized carbons (Fsp3) is 0. The zero-order chi connectivity index (χ0) is 63.0. The molecule has 0 aliphatic carbocycles. The van der Waals surface area contributed by atoms with Gasteiger partial charge in [-0.2, -0.15) is 0 Å². The second-order valence-electron chi connectivity index (χ2n) is 25.1. The van der Waals surface area contributed by atoms with Gasteiger partial charge in [-0.1, -0.05) is 200 Å². The second kappa shape index (κ2) is 21.8. The quantitative estimate of drug-likeness (QED) is 0.137. The van der Waals surface area contributed by atoms with Crippen LogP contribution in [0.2, 0.25) is 0 Å². The summed E-state index contributed by atoms with van der Waals surface area (Å²) in [5.41, 5.74) is 19.0. The van der Waals surface area contributed by atoms with Crippen LogP contribution in [-0.4, -0.2) is 0 Å². The fourth-order valence-corrected chi connectivity index (χ4v) is 17.4. The van der Waals surface area contributed by atoms with Gasteiger partial charge < -0.3 is 18.6 Å². The van der Waals surface area contributed by atoms with E-state index in [1.165, 1.54) is 106 Å². The minimum Gasteiger partial charge on any atom is -0.454 e. The maximum Gasteiger partial charge on any atom is 0.159 e. The SMILES string of the molecule is c1ccc(-c2ccc(N(c3ccc(-c4cccc(-c5ccc6cc7c(cc6c5)sc5c7ccc6oc7c(N(c8ccccc8)c8ccc(-c9ccc%10ccccc%10c9)cc8)cccc7c65)c4)cc3)c3cccc4c3oc3ccc5c6cc7ccccc7cc6sc5c34)cc2)cc1. The van der Waals surface area contributed by atoms with Crippen molar-refractivity contribution in [2.75, 3.05) is 9.80 Å². The summed E-state index contributed by atoms with van der Waals surface area (Å²) < 4.78 is 19.1. The molecular formula is C90H54N2O2S2. The van der Waals surface area contributed by atoms with E-state index in [1.807, 2.05) is 22.7 Å². The molecule has 6 heteroatoms. The lowest BCUT2D eigenvalue weighted by Crippen LogP contribution is -2.10. The van der Waals surface area contributed by atoms with Crippen molar-refractivity contribution < 1.29 is 8.83 Å². The van der Waals surface area contributed by atoms with Crippen LogP contribution in [-0.2, 0) is 0 Å². The van der Waals surface area contributed by atoms with Gasteiger partial charge in [-0.3, -0.25) is 0 Å². The number of para-hydroxylation sites is 3. The molecule has 16 aromatic carbocycles. The maximum absolute atomic E-state index is 7.03. The van der Waals surface area contributed by atoms with Gasteiger partial charge in [0.2, 0.25) is 0 Å². The third-order valence-corrected chi connectivity index (χ3v) is 21.9. The van der Waals surface area contributed by atoms with Gasteiger partial charge in [0.15, 0.2) is 11.2 Å². The third-order valence-electron chi connectivity index (χ3n) is 19.6. The average Bonchev–Trinajstić information content (AvgIpc) is 1.57. The van der Waals surface area contributed by atoms with Crippen LogP contribution in [0.4, 0.5) is 34.1 Å². The van der Waals surface area contributed by atoms with Crippen LogP contribution in [0.1, 0.15) is 0 Å². The van der Waals surface area contributed by atoms with Crippen LogP contribution in [0.3, 0.4) is 0 Å². The molecule has 0 saturated carbocycles. The van der Waals surface area contributed by atoms with Crippen molar-refractivity contribution in [1.82, 2.24) is 0 Å². The monoisotopic (exact) mass is 1260 g/mol. The lowest BCUT2D eigenvalue weighted by Gasteiger charge is -2.26. The summed E-state index contributed by atoms with van der Waals surface area (Å²) in [6.07, 6.45) is 0. The highest BCUT2D eigenvalue weighted by molar-refractivity contribution is 7.27. The first-order valence-electron chi connectivity index (χ1n) is 32.6. The molecule has 96 heavy (non-hydrogen) atoms. The zero-order valence-electron chi connectivity index (χ0n) is 51.7. The predicted octanol–water partition coefficient (Wildman–Crippen LogP) is 27.3. The van der Waals surface area contributed by atoms with Crippen LogP contribution in [0.15, 0.2) is 336 Å². The molecular weight excluding hydrogens is 1210 g/mol. The van der Waals surface area contributed by atoms with Crippen molar-refractivity contribution in [3.63, 3.8) is 0 Å². The van der Waals surface area contributed by atoms with Gasteiger partial charge in [0, 0.05) is 84.6 Å². The number of rotatable bonds is 10. The first kappa shape index (κ1) is 54.5. The van der Waals surface area contributed by atoms with Crippen molar-refractivity contribution in [2.24, 2.45) is 0 Å². The predicted molar refractivity (Wildman–Crippen MR) is 410 cm³/mol. The van der Waals surface area contributed by atoms with E-state index < -0.39 is 0 Å². The van der Waals surface area contributed by atoms with E-state index in [9.17, 15) is 0 Å². The fourth-order valence-electron chi connectivity index (χ4n) is 14.9. The molecule has 0 aliphatic rings. The lowest BCUT2D eigenvalue weighted by molar-refractivity contribution is 0.669. The Bertz CT molecular complexity index is 6500. The summed E-state index contributed by atoms with van der Waals surface area (Å²) in [5.74, 6) is 0. The lowest BCUT2D eigenvalue weighted by atomic mass is 9.96. The van der Waals surface area contributed by atoms with Crippen molar-refractivity contribution >= 4 is 173 Å². The Morgan fingerprint density at radius 2 is 0.583 bits per heavy atom. The molecule has 0 spiro atoms. The molecule has 0 fully saturated rings. The Morgan fingerprint density at radius 3 is 1.14 bits per heavy atom. The van der Waals surface area contributed by atoms with Gasteiger partial charge in [-0.25, -0.2) is 0 Å². The highest BCUT2D eigenvalue weighted by Crippen LogP contribution is 2.50. The standard InChI is InChI=1S/C90H54N2O2S2/c1-3-14-55(15-4-1)57-32-38-71(39-33-57)92(80-27-13-25-76-85-81(94-88(76)80)46-44-73-77-51-63-18-9-10-19-64(63)53-83(77)95-89(73)85)72-40-34-58(35-41-72)61-20-11-21-62(48-61)66-30-31-67-52-78-74-45-47-82-86(90(74)96-84(78)54-68(67)50-66)75-24-12-26-79(87(75)93-82)91(69-22-5-2-6-23-69)70-42-36-59(37-43-70)65-29-28-56-16-7-8-17-60(56)49-65/h1-54H. The Labute approximate surface area is 560 Å². The minimum atomic E-state index is 0.857. The van der Waals surface area contributed by atoms with Gasteiger partial charge in [0.05, 0.1) is 11.4 Å². The zero-order valence-corrected chi connectivity index (χ0v) is 53.3. The molecule has 0 N–H and O–H groups in total. The number of anilines is 6.